The molecule has 0 fully saturated rings. The van der Waals surface area contributed by atoms with Crippen LogP contribution >= 0.6 is 15.6 Å². The predicted octanol–water partition coefficient (Wildman–Crippen LogP) is 26.9. The van der Waals surface area contributed by atoms with Crippen LogP contribution in [0.1, 0.15) is 466 Å². The van der Waals surface area contributed by atoms with Crippen LogP contribution in [0.5, 0.6) is 0 Å². The van der Waals surface area contributed by atoms with Crippen LogP contribution in [0.2, 0.25) is 0 Å². The van der Waals surface area contributed by atoms with Crippen molar-refractivity contribution in [2.75, 3.05) is 39.6 Å². The SMILES string of the molecule is CCCCCCCCCCCCCCCCCCC(=O)O[C@H](COC(=O)CCCCCCCCCCCC(C)C)COP(=O)(O)OC[C@H](O)COP(=O)(O)OC[C@@H](COC(=O)CCCCCCCCCCCCCCCCC(C)C)OC(=O)CCCCCCCCCCCCCCCCCCCCC(C)CC. The number of aliphatic hydroxyl groups excluding tert-OH is 1. The van der Waals surface area contributed by atoms with E-state index in [-0.39, 0.29) is 25.7 Å². The summed E-state index contributed by atoms with van der Waals surface area (Å²) in [6.07, 6.45) is 69.3. The summed E-state index contributed by atoms with van der Waals surface area (Å²) in [5.74, 6) is 0.313. The first kappa shape index (κ1) is 105. The molecule has 0 amide bonds. The second kappa shape index (κ2) is 78.0. The first-order valence-corrected chi connectivity index (χ1v) is 48.4. The standard InChI is InChI=1S/C88H172O17P2/c1-8-10-11-12-13-14-15-16-17-23-30-35-42-50-57-64-71-88(93)105-84(76-99-86(91)70-63-56-49-44-37-39-46-53-60-67-80(5)6)78-103-107(96,97)101-74-82(89)73-100-106(94,95)102-77-83(75-98-85(90)69-62-55-48-41-34-29-26-25-27-32-38-45-52-59-66-79(3)4)104-87(92)72-65-58-51-43-36-31-24-21-19-18-20-22-28-33-40-47-54-61-68-81(7)9-2/h79-84,89H,8-78H2,1-7H3,(H,94,95)(H,96,97)/t81?,82-,83-,84-/m1/s1. The molecule has 107 heavy (non-hydrogen) atoms. The van der Waals surface area contributed by atoms with Crippen molar-refractivity contribution in [1.29, 1.82) is 0 Å². The van der Waals surface area contributed by atoms with E-state index < -0.39 is 97.5 Å². The zero-order chi connectivity index (χ0) is 78.6. The van der Waals surface area contributed by atoms with Gasteiger partial charge < -0.3 is 33.8 Å². The van der Waals surface area contributed by atoms with E-state index in [1.165, 1.54) is 276 Å². The van der Waals surface area contributed by atoms with E-state index in [2.05, 4.69) is 48.5 Å². The Labute approximate surface area is 658 Å². The summed E-state index contributed by atoms with van der Waals surface area (Å²) < 4.78 is 69.0. The summed E-state index contributed by atoms with van der Waals surface area (Å²) in [6.45, 7) is 12.1. The lowest BCUT2D eigenvalue weighted by atomic mass is 9.99. The molecule has 0 rings (SSSR count). The summed E-state index contributed by atoms with van der Waals surface area (Å²) in [5, 5.41) is 10.7. The summed E-state index contributed by atoms with van der Waals surface area (Å²) in [7, 11) is -9.93. The highest BCUT2D eigenvalue weighted by Crippen LogP contribution is 2.45. The second-order valence-electron chi connectivity index (χ2n) is 32.8. The third-order valence-electron chi connectivity index (χ3n) is 21.0. The van der Waals surface area contributed by atoms with Gasteiger partial charge in [-0.2, -0.15) is 0 Å². The molecular weight excluding hydrogens is 1390 g/mol. The monoisotopic (exact) mass is 1560 g/mol. The number of phosphoric acid groups is 2. The summed E-state index contributed by atoms with van der Waals surface area (Å²) >= 11 is 0. The maximum Gasteiger partial charge on any atom is 0.472 e. The normalized spacial score (nSPS) is 14.1. The van der Waals surface area contributed by atoms with E-state index >= 15 is 0 Å². The molecule has 0 saturated carbocycles. The van der Waals surface area contributed by atoms with Gasteiger partial charge in [-0.15, -0.1) is 0 Å². The fraction of sp³-hybridized carbons (Fsp3) is 0.955. The highest BCUT2D eigenvalue weighted by atomic mass is 31.2. The highest BCUT2D eigenvalue weighted by Gasteiger charge is 2.31. The lowest BCUT2D eigenvalue weighted by Gasteiger charge is -2.21. The third kappa shape index (κ3) is 80.5. The number of rotatable bonds is 86. The average Bonchev–Trinajstić information content (AvgIpc) is 0.910. The fourth-order valence-electron chi connectivity index (χ4n) is 13.7. The van der Waals surface area contributed by atoms with Gasteiger partial charge in [0, 0.05) is 25.7 Å². The molecule has 0 aromatic rings. The van der Waals surface area contributed by atoms with E-state index in [9.17, 15) is 43.2 Å². The van der Waals surface area contributed by atoms with Gasteiger partial charge in [-0.1, -0.05) is 414 Å². The number of hydrogen-bond acceptors (Lipinski definition) is 15. The molecular formula is C88H172O17P2. The molecule has 0 aromatic heterocycles. The number of carbonyl (C=O) groups is 4. The molecule has 0 aromatic carbocycles. The van der Waals surface area contributed by atoms with E-state index in [1.807, 2.05) is 0 Å². The number of esters is 4. The molecule has 3 unspecified atom stereocenters. The van der Waals surface area contributed by atoms with Crippen LogP contribution in [0, 0.1) is 17.8 Å². The third-order valence-corrected chi connectivity index (χ3v) is 22.9. The van der Waals surface area contributed by atoms with Gasteiger partial charge in [0.05, 0.1) is 26.4 Å². The number of unbranched alkanes of at least 4 members (excludes halogenated alkanes) is 53. The van der Waals surface area contributed by atoms with Gasteiger partial charge in [0.15, 0.2) is 12.2 Å². The Bertz CT molecular complexity index is 2060. The van der Waals surface area contributed by atoms with Gasteiger partial charge in [0.25, 0.3) is 0 Å². The van der Waals surface area contributed by atoms with E-state index in [4.69, 9.17) is 37.0 Å². The van der Waals surface area contributed by atoms with E-state index in [0.717, 1.165) is 108 Å². The minimum absolute atomic E-state index is 0.108. The molecule has 0 heterocycles. The van der Waals surface area contributed by atoms with Crippen LogP contribution in [0.3, 0.4) is 0 Å². The number of phosphoric ester groups is 2. The minimum Gasteiger partial charge on any atom is -0.462 e. The molecule has 0 aliphatic carbocycles. The molecule has 0 aliphatic rings. The quantitative estimate of drug-likeness (QED) is 0.0222. The minimum atomic E-state index is -4.97. The molecule has 17 nitrogen and oxygen atoms in total. The highest BCUT2D eigenvalue weighted by molar-refractivity contribution is 7.47. The average molecular weight is 1560 g/mol. The van der Waals surface area contributed by atoms with Gasteiger partial charge in [0.2, 0.25) is 0 Å². The largest absolute Gasteiger partial charge is 0.472 e. The summed E-state index contributed by atoms with van der Waals surface area (Å²) in [4.78, 5) is 73.3. The van der Waals surface area contributed by atoms with Gasteiger partial charge in [0.1, 0.15) is 19.3 Å². The van der Waals surface area contributed by atoms with Crippen LogP contribution in [0.15, 0.2) is 0 Å². The molecule has 636 valence electrons. The number of hydrogen-bond donors (Lipinski definition) is 3. The smallest absolute Gasteiger partial charge is 0.462 e. The number of carbonyl (C=O) groups excluding carboxylic acids is 4. The Morgan fingerprint density at radius 1 is 0.271 bits per heavy atom. The summed E-state index contributed by atoms with van der Waals surface area (Å²) in [6, 6.07) is 0. The molecule has 0 radical (unpaired) electrons. The van der Waals surface area contributed by atoms with Crippen LogP contribution in [0.4, 0.5) is 0 Å². The topological polar surface area (TPSA) is 237 Å². The first-order chi connectivity index (χ1) is 51.8. The van der Waals surface area contributed by atoms with Gasteiger partial charge in [-0.3, -0.25) is 37.3 Å². The first-order valence-electron chi connectivity index (χ1n) is 45.4. The Balaban J connectivity index is 5.25. The Morgan fingerprint density at radius 2 is 0.477 bits per heavy atom. The van der Waals surface area contributed by atoms with Crippen molar-refractivity contribution in [2.45, 2.75) is 484 Å². The zero-order valence-corrected chi connectivity index (χ0v) is 72.4. The Morgan fingerprint density at radius 3 is 0.710 bits per heavy atom. The molecule has 0 bridgehead atoms. The molecule has 0 saturated heterocycles. The molecule has 6 atom stereocenters. The Kier molecular flexibility index (Phi) is 76.6. The lowest BCUT2D eigenvalue weighted by Crippen LogP contribution is -2.30. The second-order valence-corrected chi connectivity index (χ2v) is 35.7. The molecule has 3 N–H and O–H groups in total. The van der Waals surface area contributed by atoms with Gasteiger partial charge in [-0.25, -0.2) is 9.13 Å². The Hall–Kier alpha value is -1.94. The van der Waals surface area contributed by atoms with Crippen molar-refractivity contribution in [3.05, 3.63) is 0 Å². The van der Waals surface area contributed by atoms with Crippen molar-refractivity contribution in [3.63, 3.8) is 0 Å². The van der Waals surface area contributed by atoms with Crippen molar-refractivity contribution in [2.24, 2.45) is 17.8 Å². The van der Waals surface area contributed by atoms with Gasteiger partial charge in [-0.05, 0) is 43.4 Å². The maximum absolute atomic E-state index is 13.2. The van der Waals surface area contributed by atoms with E-state index in [0.29, 0.717) is 25.7 Å². The number of aliphatic hydroxyl groups is 1. The van der Waals surface area contributed by atoms with E-state index in [1.54, 1.807) is 0 Å². The van der Waals surface area contributed by atoms with Crippen LogP contribution in [-0.2, 0) is 65.4 Å². The molecule has 19 heteroatoms. The van der Waals surface area contributed by atoms with Crippen molar-refractivity contribution < 1.29 is 80.2 Å². The predicted molar refractivity (Wildman–Crippen MR) is 441 cm³/mol. The number of ether oxygens (including phenoxy) is 4. The van der Waals surface area contributed by atoms with Crippen molar-refractivity contribution >= 4 is 39.5 Å². The van der Waals surface area contributed by atoms with Crippen molar-refractivity contribution in [1.82, 2.24) is 0 Å². The zero-order valence-electron chi connectivity index (χ0n) is 70.6. The van der Waals surface area contributed by atoms with Crippen LogP contribution in [-0.4, -0.2) is 96.7 Å². The van der Waals surface area contributed by atoms with Crippen LogP contribution < -0.4 is 0 Å². The summed E-state index contributed by atoms with van der Waals surface area (Å²) in [5.41, 5.74) is 0. The van der Waals surface area contributed by atoms with Gasteiger partial charge >= 0.3 is 39.5 Å². The maximum atomic E-state index is 13.2. The van der Waals surface area contributed by atoms with Crippen LogP contribution in [0.25, 0.3) is 0 Å². The van der Waals surface area contributed by atoms with Crippen molar-refractivity contribution in [3.8, 4) is 0 Å². The molecule has 0 aliphatic heterocycles. The fourth-order valence-corrected chi connectivity index (χ4v) is 15.3. The lowest BCUT2D eigenvalue weighted by molar-refractivity contribution is -0.161. The molecule has 0 spiro atoms.